The monoisotopic (exact) mass is 808 g/mol. The van der Waals surface area contributed by atoms with Crippen molar-refractivity contribution in [2.45, 2.75) is 0 Å². The smallest absolute Gasteiger partial charge is 0.164 e. The zero-order chi connectivity index (χ0) is 41.0. The summed E-state index contributed by atoms with van der Waals surface area (Å²) >= 11 is 1.87. The van der Waals surface area contributed by atoms with Crippen LogP contribution in [0.5, 0.6) is 0 Å². The van der Waals surface area contributed by atoms with Crippen LogP contribution >= 0.6 is 11.3 Å². The average molecular weight is 809 g/mol. The summed E-state index contributed by atoms with van der Waals surface area (Å²) in [5.41, 5.74) is 13.2. The van der Waals surface area contributed by atoms with Crippen molar-refractivity contribution in [3.63, 3.8) is 0 Å². The predicted octanol–water partition coefficient (Wildman–Crippen LogP) is 15.3. The topological polar surface area (TPSA) is 43.6 Å². The Balaban J connectivity index is 1.15. The number of benzene rings is 9. The molecule has 0 aliphatic heterocycles. The third-order valence-corrected chi connectivity index (χ3v) is 13.1. The lowest BCUT2D eigenvalue weighted by atomic mass is 9.95. The van der Waals surface area contributed by atoms with Gasteiger partial charge in [-0.3, -0.25) is 0 Å². The average Bonchev–Trinajstić information content (AvgIpc) is 3.91. The molecule has 0 saturated carbocycles. The number of nitrogens with zero attached hydrogens (tertiary/aromatic N) is 4. The summed E-state index contributed by atoms with van der Waals surface area (Å²) in [6, 6.07) is 77.6. The predicted molar refractivity (Wildman–Crippen MR) is 260 cm³/mol. The van der Waals surface area contributed by atoms with Crippen molar-refractivity contribution in [2.75, 3.05) is 0 Å². The van der Waals surface area contributed by atoms with Crippen molar-refractivity contribution in [2.24, 2.45) is 0 Å². The van der Waals surface area contributed by atoms with Crippen LogP contribution in [0.4, 0.5) is 0 Å². The molecule has 0 spiro atoms. The molecule has 9 aromatic carbocycles. The van der Waals surface area contributed by atoms with Gasteiger partial charge in [0.15, 0.2) is 17.5 Å². The molecule has 0 fully saturated rings. The van der Waals surface area contributed by atoms with Gasteiger partial charge < -0.3 is 4.57 Å². The van der Waals surface area contributed by atoms with E-state index in [1.54, 1.807) is 0 Å². The van der Waals surface area contributed by atoms with Crippen LogP contribution in [-0.4, -0.2) is 19.5 Å². The Kier molecular flexibility index (Phi) is 8.65. The Morgan fingerprint density at radius 2 is 0.758 bits per heavy atom. The molecule has 0 unspecified atom stereocenters. The molecule has 62 heavy (non-hydrogen) atoms. The van der Waals surface area contributed by atoms with Gasteiger partial charge in [0.1, 0.15) is 0 Å². The number of hydrogen-bond donors (Lipinski definition) is 0. The second kappa shape index (κ2) is 14.9. The molecule has 290 valence electrons. The fraction of sp³-hybridized carbons (Fsp3) is 0. The van der Waals surface area contributed by atoms with Crippen LogP contribution in [-0.2, 0) is 0 Å². The van der Waals surface area contributed by atoms with Crippen LogP contribution in [0, 0.1) is 0 Å². The quantitative estimate of drug-likeness (QED) is 0.161. The van der Waals surface area contributed by atoms with E-state index in [-0.39, 0.29) is 0 Å². The van der Waals surface area contributed by atoms with E-state index in [0.717, 1.165) is 44.5 Å². The molecule has 0 aliphatic carbocycles. The molecule has 3 aromatic heterocycles. The largest absolute Gasteiger partial charge is 0.309 e. The molecule has 0 amide bonds. The van der Waals surface area contributed by atoms with E-state index in [2.05, 4.69) is 187 Å². The second-order valence-electron chi connectivity index (χ2n) is 15.6. The molecular formula is C57H36N4S. The van der Waals surface area contributed by atoms with Gasteiger partial charge in [-0.05, 0) is 70.3 Å². The zero-order valence-corrected chi connectivity index (χ0v) is 34.3. The number of para-hydroxylation sites is 2. The minimum Gasteiger partial charge on any atom is -0.309 e. The molecular weight excluding hydrogens is 773 g/mol. The molecule has 0 bridgehead atoms. The van der Waals surface area contributed by atoms with Crippen molar-refractivity contribution >= 4 is 53.3 Å². The van der Waals surface area contributed by atoms with E-state index in [9.17, 15) is 0 Å². The number of fused-ring (bicyclic) bond motifs is 6. The van der Waals surface area contributed by atoms with E-state index in [4.69, 9.17) is 15.0 Å². The van der Waals surface area contributed by atoms with Gasteiger partial charge in [-0.2, -0.15) is 0 Å². The van der Waals surface area contributed by atoms with Gasteiger partial charge in [0, 0.05) is 58.9 Å². The van der Waals surface area contributed by atoms with Crippen molar-refractivity contribution in [1.29, 1.82) is 0 Å². The first-order valence-corrected chi connectivity index (χ1v) is 21.7. The number of thiophene rings is 1. The first-order chi connectivity index (χ1) is 30.7. The normalized spacial score (nSPS) is 11.5. The van der Waals surface area contributed by atoms with Crippen LogP contribution in [0.1, 0.15) is 0 Å². The van der Waals surface area contributed by atoms with E-state index in [1.165, 1.54) is 53.2 Å². The highest BCUT2D eigenvalue weighted by molar-refractivity contribution is 7.26. The van der Waals surface area contributed by atoms with Crippen LogP contribution in [0.25, 0.3) is 115 Å². The van der Waals surface area contributed by atoms with E-state index >= 15 is 0 Å². The Labute approximate surface area is 362 Å². The summed E-state index contributed by atoms with van der Waals surface area (Å²) < 4.78 is 4.90. The van der Waals surface area contributed by atoms with Crippen LogP contribution in [0.15, 0.2) is 218 Å². The maximum absolute atomic E-state index is 5.23. The van der Waals surface area contributed by atoms with Crippen molar-refractivity contribution in [3.05, 3.63) is 218 Å². The third-order valence-electron chi connectivity index (χ3n) is 11.8. The standard InChI is InChI=1S/C57H36N4S/c1-5-18-37(19-6-1)41-35-49(38-20-7-2-8-21-38)54-50(36-41)48-29-17-28-45(53(48)62-54)42-32-43(34-44(33-42)61-51-30-15-13-26-46(51)47-27-14-16-31-52(47)61)57-59-55(39-22-9-3-10-23-39)58-56(60-57)40-24-11-4-12-25-40/h1-36H. The molecule has 0 atom stereocenters. The summed E-state index contributed by atoms with van der Waals surface area (Å²) in [7, 11) is 0. The van der Waals surface area contributed by atoms with Gasteiger partial charge in [-0.15, -0.1) is 11.3 Å². The molecule has 5 heteroatoms. The second-order valence-corrected chi connectivity index (χ2v) is 16.6. The Hall–Kier alpha value is -7.99. The minimum absolute atomic E-state index is 0.615. The number of hydrogen-bond acceptors (Lipinski definition) is 4. The Bertz CT molecular complexity index is 3500. The first-order valence-electron chi connectivity index (χ1n) is 20.8. The lowest BCUT2D eigenvalue weighted by Gasteiger charge is -2.15. The van der Waals surface area contributed by atoms with Crippen LogP contribution in [0.3, 0.4) is 0 Å². The highest BCUT2D eigenvalue weighted by atomic mass is 32.1. The van der Waals surface area contributed by atoms with Gasteiger partial charge in [-0.25, -0.2) is 15.0 Å². The summed E-state index contributed by atoms with van der Waals surface area (Å²) in [4.78, 5) is 15.5. The SMILES string of the molecule is c1ccc(-c2cc(-c3ccccc3)c3sc4c(-c5cc(-c6nc(-c7ccccc7)nc(-c7ccccc7)n6)cc(-n6c7ccccc7c7ccccc76)c5)cccc4c3c2)cc1. The fourth-order valence-corrected chi connectivity index (χ4v) is 10.3. The van der Waals surface area contributed by atoms with Gasteiger partial charge in [0.25, 0.3) is 0 Å². The molecule has 0 saturated heterocycles. The highest BCUT2D eigenvalue weighted by Gasteiger charge is 2.20. The van der Waals surface area contributed by atoms with Gasteiger partial charge >= 0.3 is 0 Å². The molecule has 0 aliphatic rings. The van der Waals surface area contributed by atoms with Crippen molar-refractivity contribution in [3.8, 4) is 73.2 Å². The van der Waals surface area contributed by atoms with E-state index in [1.807, 2.05) is 47.7 Å². The Morgan fingerprint density at radius 1 is 0.290 bits per heavy atom. The molecule has 12 aromatic rings. The van der Waals surface area contributed by atoms with E-state index in [0.29, 0.717) is 17.5 Å². The summed E-state index contributed by atoms with van der Waals surface area (Å²) in [6.07, 6.45) is 0. The van der Waals surface area contributed by atoms with Crippen molar-refractivity contribution < 1.29 is 0 Å². The molecule has 0 radical (unpaired) electrons. The molecule has 4 nitrogen and oxygen atoms in total. The van der Waals surface area contributed by atoms with Gasteiger partial charge in [0.05, 0.1) is 11.0 Å². The molecule has 3 heterocycles. The van der Waals surface area contributed by atoms with Gasteiger partial charge in [0.2, 0.25) is 0 Å². The van der Waals surface area contributed by atoms with E-state index < -0.39 is 0 Å². The number of aromatic nitrogens is 4. The third kappa shape index (κ3) is 6.18. The highest BCUT2D eigenvalue weighted by Crippen LogP contribution is 2.47. The fourth-order valence-electron chi connectivity index (χ4n) is 8.92. The van der Waals surface area contributed by atoms with Crippen LogP contribution < -0.4 is 0 Å². The zero-order valence-electron chi connectivity index (χ0n) is 33.5. The summed E-state index contributed by atoms with van der Waals surface area (Å²) in [5, 5.41) is 4.91. The lowest BCUT2D eigenvalue weighted by molar-refractivity contribution is 1.07. The maximum atomic E-state index is 5.23. The van der Waals surface area contributed by atoms with Crippen molar-refractivity contribution in [1.82, 2.24) is 19.5 Å². The minimum atomic E-state index is 0.615. The number of rotatable bonds is 7. The van der Waals surface area contributed by atoms with Crippen LogP contribution in [0.2, 0.25) is 0 Å². The summed E-state index contributed by atoms with van der Waals surface area (Å²) in [5.74, 6) is 1.88. The first kappa shape index (κ1) is 35.9. The lowest BCUT2D eigenvalue weighted by Crippen LogP contribution is -2.01. The molecule has 12 rings (SSSR count). The van der Waals surface area contributed by atoms with Gasteiger partial charge in [-0.1, -0.05) is 176 Å². The maximum Gasteiger partial charge on any atom is 0.164 e. The molecule has 0 N–H and O–H groups in total. The Morgan fingerprint density at radius 3 is 1.35 bits per heavy atom. The summed E-state index contributed by atoms with van der Waals surface area (Å²) in [6.45, 7) is 0.